The van der Waals surface area contributed by atoms with Gasteiger partial charge in [-0.25, -0.2) is 0 Å². The number of amides is 2. The van der Waals surface area contributed by atoms with Crippen LogP contribution in [0.25, 0.3) is 0 Å². The third-order valence-electron chi connectivity index (χ3n) is 3.01. The molecule has 1 atom stereocenters. The molecule has 0 radical (unpaired) electrons. The summed E-state index contributed by atoms with van der Waals surface area (Å²) in [7, 11) is 0. The Kier molecular flexibility index (Phi) is 4.05. The van der Waals surface area contributed by atoms with Crippen molar-refractivity contribution in [2.75, 3.05) is 13.1 Å². The number of hydrogen-bond donors (Lipinski definition) is 1. The number of hydrogen-bond acceptors (Lipinski definition) is 3. The number of imide groups is 1. The molecular formula is C11H17F3N2O2. The van der Waals surface area contributed by atoms with Crippen molar-refractivity contribution >= 4 is 11.8 Å². The van der Waals surface area contributed by atoms with Crippen molar-refractivity contribution < 1.29 is 22.8 Å². The fourth-order valence-corrected chi connectivity index (χ4v) is 1.95. The smallest absolute Gasteiger partial charge is 0.330 e. The van der Waals surface area contributed by atoms with Crippen LogP contribution in [0.2, 0.25) is 0 Å². The molecule has 0 aromatic carbocycles. The van der Waals surface area contributed by atoms with E-state index in [9.17, 15) is 22.8 Å². The van der Waals surface area contributed by atoms with Gasteiger partial charge in [0.2, 0.25) is 11.8 Å². The number of alkyl halides is 3. The van der Waals surface area contributed by atoms with Gasteiger partial charge in [0.25, 0.3) is 0 Å². The maximum Gasteiger partial charge on any atom is 0.394 e. The Balaban J connectivity index is 2.79. The predicted molar refractivity (Wildman–Crippen MR) is 58.3 cm³/mol. The normalized spacial score (nSPS) is 22.2. The molecule has 1 fully saturated rings. The van der Waals surface area contributed by atoms with E-state index < -0.39 is 42.4 Å². The fraction of sp³-hybridized carbons (Fsp3) is 0.818. The lowest BCUT2D eigenvalue weighted by Crippen LogP contribution is -2.51. The highest BCUT2D eigenvalue weighted by molar-refractivity contribution is 5.98. The van der Waals surface area contributed by atoms with Crippen molar-refractivity contribution in [3.8, 4) is 0 Å². The number of nitrogens with zero attached hydrogens (tertiary/aromatic N) is 1. The first-order valence-corrected chi connectivity index (χ1v) is 5.67. The number of rotatable bonds is 3. The van der Waals surface area contributed by atoms with Crippen LogP contribution < -0.4 is 5.73 Å². The zero-order valence-corrected chi connectivity index (χ0v) is 10.4. The summed E-state index contributed by atoms with van der Waals surface area (Å²) >= 11 is 0. The minimum atomic E-state index is -4.50. The summed E-state index contributed by atoms with van der Waals surface area (Å²) in [5, 5.41) is 0. The van der Waals surface area contributed by atoms with E-state index in [1.807, 2.05) is 0 Å². The minimum absolute atomic E-state index is 0.0773. The number of nitrogens with two attached hydrogens (primary N) is 1. The Morgan fingerprint density at radius 1 is 1.28 bits per heavy atom. The van der Waals surface area contributed by atoms with Crippen LogP contribution in [-0.4, -0.2) is 36.0 Å². The molecule has 0 aromatic heterocycles. The topological polar surface area (TPSA) is 63.4 Å². The lowest BCUT2D eigenvalue weighted by Gasteiger charge is -2.36. The maximum atomic E-state index is 12.6. The molecule has 0 spiro atoms. The van der Waals surface area contributed by atoms with Crippen LogP contribution in [0.15, 0.2) is 0 Å². The van der Waals surface area contributed by atoms with Gasteiger partial charge in [0, 0.05) is 25.9 Å². The van der Waals surface area contributed by atoms with E-state index in [2.05, 4.69) is 0 Å². The monoisotopic (exact) mass is 266 g/mol. The first kappa shape index (κ1) is 14.9. The van der Waals surface area contributed by atoms with Gasteiger partial charge >= 0.3 is 6.18 Å². The van der Waals surface area contributed by atoms with Gasteiger partial charge in [0.15, 0.2) is 0 Å². The highest BCUT2D eigenvalue weighted by Crippen LogP contribution is 2.33. The lowest BCUT2D eigenvalue weighted by molar-refractivity contribution is -0.181. The van der Waals surface area contributed by atoms with Crippen molar-refractivity contribution in [1.82, 2.24) is 4.90 Å². The van der Waals surface area contributed by atoms with Crippen LogP contribution in [0.4, 0.5) is 13.2 Å². The zero-order valence-electron chi connectivity index (χ0n) is 10.4. The summed E-state index contributed by atoms with van der Waals surface area (Å²) in [5.74, 6) is -2.97. The van der Waals surface area contributed by atoms with E-state index in [4.69, 9.17) is 5.73 Å². The Morgan fingerprint density at radius 2 is 1.72 bits per heavy atom. The minimum Gasteiger partial charge on any atom is -0.330 e. The standard InChI is InChI=1S/C11H17F3N2O2/c1-10(2)3-8(17)16(9(18)4-10)6-7(5-15)11(12,13)14/h7H,3-6,15H2,1-2H3. The quantitative estimate of drug-likeness (QED) is 0.783. The highest BCUT2D eigenvalue weighted by Gasteiger charge is 2.44. The Hall–Kier alpha value is -1.11. The average molecular weight is 266 g/mol. The first-order chi connectivity index (χ1) is 8.07. The molecule has 7 heteroatoms. The van der Waals surface area contributed by atoms with Crippen LogP contribution in [0.5, 0.6) is 0 Å². The number of likely N-dealkylation sites (tertiary alicyclic amines) is 1. The Bertz CT molecular complexity index is 333. The molecule has 2 amide bonds. The molecule has 1 aliphatic heterocycles. The SMILES string of the molecule is CC1(C)CC(=O)N(CC(CN)C(F)(F)F)C(=O)C1. The second-order valence-electron chi connectivity index (χ2n) is 5.39. The van der Waals surface area contributed by atoms with E-state index in [1.165, 1.54) is 0 Å². The van der Waals surface area contributed by atoms with Crippen LogP contribution in [-0.2, 0) is 9.59 Å². The number of halogens is 3. The molecule has 0 bridgehead atoms. The van der Waals surface area contributed by atoms with E-state index in [-0.39, 0.29) is 12.8 Å². The summed E-state index contributed by atoms with van der Waals surface area (Å²) in [6.45, 7) is 2.17. The second-order valence-corrected chi connectivity index (χ2v) is 5.39. The molecule has 1 unspecified atom stereocenters. The third kappa shape index (κ3) is 3.44. The van der Waals surface area contributed by atoms with Crippen molar-refractivity contribution in [2.24, 2.45) is 17.1 Å². The fourth-order valence-electron chi connectivity index (χ4n) is 1.95. The van der Waals surface area contributed by atoms with Gasteiger partial charge in [0.1, 0.15) is 0 Å². The largest absolute Gasteiger partial charge is 0.394 e. The van der Waals surface area contributed by atoms with E-state index >= 15 is 0 Å². The van der Waals surface area contributed by atoms with E-state index in [0.717, 1.165) is 0 Å². The summed E-state index contributed by atoms with van der Waals surface area (Å²) in [5.41, 5.74) is 4.57. The number of piperidine rings is 1. The Morgan fingerprint density at radius 3 is 2.06 bits per heavy atom. The van der Waals surface area contributed by atoms with Gasteiger partial charge in [-0.05, 0) is 5.41 Å². The first-order valence-electron chi connectivity index (χ1n) is 5.67. The van der Waals surface area contributed by atoms with Crippen molar-refractivity contribution in [3.63, 3.8) is 0 Å². The molecule has 1 saturated heterocycles. The van der Waals surface area contributed by atoms with Crippen molar-refractivity contribution in [2.45, 2.75) is 32.9 Å². The number of carbonyl (C=O) groups excluding carboxylic acids is 2. The van der Waals surface area contributed by atoms with E-state index in [1.54, 1.807) is 13.8 Å². The van der Waals surface area contributed by atoms with Gasteiger partial charge in [-0.3, -0.25) is 14.5 Å². The Labute approximate surface area is 103 Å². The predicted octanol–water partition coefficient (Wildman–Crippen LogP) is 1.30. The summed E-state index contributed by atoms with van der Waals surface area (Å²) < 4.78 is 37.7. The van der Waals surface area contributed by atoms with Crippen molar-refractivity contribution in [3.05, 3.63) is 0 Å². The van der Waals surface area contributed by atoms with Gasteiger partial charge in [0.05, 0.1) is 5.92 Å². The molecule has 2 N–H and O–H groups in total. The second kappa shape index (κ2) is 4.87. The average Bonchev–Trinajstić information content (AvgIpc) is 2.12. The molecule has 4 nitrogen and oxygen atoms in total. The van der Waals surface area contributed by atoms with Crippen LogP contribution in [0.1, 0.15) is 26.7 Å². The van der Waals surface area contributed by atoms with Crippen LogP contribution in [0.3, 0.4) is 0 Å². The lowest BCUT2D eigenvalue weighted by atomic mass is 9.81. The van der Waals surface area contributed by atoms with Gasteiger partial charge in [-0.15, -0.1) is 0 Å². The molecule has 18 heavy (non-hydrogen) atoms. The molecular weight excluding hydrogens is 249 g/mol. The number of carbonyl (C=O) groups is 2. The van der Waals surface area contributed by atoms with Gasteiger partial charge in [-0.1, -0.05) is 13.8 Å². The van der Waals surface area contributed by atoms with Crippen LogP contribution in [0, 0.1) is 11.3 Å². The van der Waals surface area contributed by atoms with E-state index in [0.29, 0.717) is 4.90 Å². The molecule has 1 aliphatic rings. The van der Waals surface area contributed by atoms with Gasteiger partial charge in [-0.2, -0.15) is 13.2 Å². The highest BCUT2D eigenvalue weighted by atomic mass is 19.4. The van der Waals surface area contributed by atoms with Crippen molar-refractivity contribution in [1.29, 1.82) is 0 Å². The van der Waals surface area contributed by atoms with Gasteiger partial charge < -0.3 is 5.73 Å². The molecule has 1 rings (SSSR count). The molecule has 104 valence electrons. The summed E-state index contributed by atoms with van der Waals surface area (Å²) in [4.78, 5) is 24.1. The van der Waals surface area contributed by atoms with Crippen LogP contribution >= 0.6 is 0 Å². The summed E-state index contributed by atoms with van der Waals surface area (Å²) in [6.07, 6.45) is -4.34. The molecule has 1 heterocycles. The summed E-state index contributed by atoms with van der Waals surface area (Å²) in [6, 6.07) is 0. The molecule has 0 saturated carbocycles. The molecule has 0 aliphatic carbocycles. The third-order valence-corrected chi connectivity index (χ3v) is 3.01. The maximum absolute atomic E-state index is 12.6. The zero-order chi connectivity index (χ0) is 14.1. The molecule has 0 aromatic rings.